The highest BCUT2D eigenvalue weighted by Gasteiger charge is 2.40. The first-order valence-corrected chi connectivity index (χ1v) is 8.72. The summed E-state index contributed by atoms with van der Waals surface area (Å²) in [4.78, 5) is 17.6. The third-order valence-corrected chi connectivity index (χ3v) is 5.29. The van der Waals surface area contributed by atoms with Crippen molar-refractivity contribution in [2.45, 2.75) is 58.2 Å². The highest BCUT2D eigenvalue weighted by atomic mass is 16.2. The topological polar surface area (TPSA) is 41.4 Å². The van der Waals surface area contributed by atoms with Crippen LogP contribution >= 0.6 is 0 Å². The summed E-state index contributed by atoms with van der Waals surface area (Å²) in [7, 11) is 0. The second-order valence-electron chi connectivity index (χ2n) is 6.71. The first-order valence-electron chi connectivity index (χ1n) is 8.72. The smallest absolute Gasteiger partial charge is 0.227 e. The summed E-state index contributed by atoms with van der Waals surface area (Å²) in [5.41, 5.74) is 0. The van der Waals surface area contributed by atoms with Gasteiger partial charge in [0, 0.05) is 31.0 Å². The molecule has 2 aliphatic rings. The van der Waals surface area contributed by atoms with Crippen molar-refractivity contribution in [3.63, 3.8) is 0 Å². The number of carbonyl (C=O) groups excluding carboxylic acids is 1. The zero-order valence-electron chi connectivity index (χ0n) is 13.8. The molecule has 1 amide bonds. The average molecular weight is 304 g/mol. The summed E-state index contributed by atoms with van der Waals surface area (Å²) < 4.78 is 1.86. The molecule has 0 aliphatic carbocycles. The number of rotatable bonds is 5. The first-order chi connectivity index (χ1) is 10.7. The van der Waals surface area contributed by atoms with Crippen molar-refractivity contribution in [3.05, 3.63) is 18.5 Å². The molecular weight excluding hydrogens is 276 g/mol. The molecule has 0 radical (unpaired) electrons. The van der Waals surface area contributed by atoms with Crippen LogP contribution in [0.4, 0.5) is 0 Å². The van der Waals surface area contributed by atoms with E-state index in [4.69, 9.17) is 0 Å². The minimum absolute atomic E-state index is 0.00280. The molecular formula is C17H28N4O. The molecule has 3 atom stereocenters. The number of hydrogen-bond donors (Lipinski definition) is 0. The Morgan fingerprint density at radius 3 is 2.77 bits per heavy atom. The van der Waals surface area contributed by atoms with Gasteiger partial charge in [0.15, 0.2) is 0 Å². The summed E-state index contributed by atoms with van der Waals surface area (Å²) in [6.45, 7) is 8.18. The molecule has 1 aromatic rings. The molecule has 0 aromatic carbocycles. The molecule has 5 nitrogen and oxygen atoms in total. The Bertz CT molecular complexity index is 487. The second-order valence-corrected chi connectivity index (χ2v) is 6.71. The lowest BCUT2D eigenvalue weighted by Crippen LogP contribution is -2.49. The van der Waals surface area contributed by atoms with Crippen LogP contribution in [0.2, 0.25) is 0 Å². The van der Waals surface area contributed by atoms with E-state index in [0.717, 1.165) is 19.5 Å². The van der Waals surface area contributed by atoms with Gasteiger partial charge in [-0.25, -0.2) is 0 Å². The Kier molecular flexibility index (Phi) is 4.81. The second kappa shape index (κ2) is 6.82. The van der Waals surface area contributed by atoms with Crippen molar-refractivity contribution in [1.82, 2.24) is 19.6 Å². The van der Waals surface area contributed by atoms with Crippen molar-refractivity contribution < 1.29 is 4.79 Å². The van der Waals surface area contributed by atoms with Gasteiger partial charge in [-0.2, -0.15) is 5.10 Å². The summed E-state index contributed by atoms with van der Waals surface area (Å²) in [6.07, 6.45) is 8.55. The third-order valence-electron chi connectivity index (χ3n) is 5.29. The lowest BCUT2D eigenvalue weighted by atomic mass is 10.0. The number of nitrogens with zero attached hydrogens (tertiary/aromatic N) is 4. The fourth-order valence-electron chi connectivity index (χ4n) is 4.20. The van der Waals surface area contributed by atoms with Crippen LogP contribution in [0.15, 0.2) is 18.5 Å². The van der Waals surface area contributed by atoms with Crippen LogP contribution in [0, 0.1) is 5.92 Å². The summed E-state index contributed by atoms with van der Waals surface area (Å²) in [5.74, 6) is 0.304. The minimum atomic E-state index is -0.00280. The molecule has 2 aliphatic heterocycles. The fraction of sp³-hybridized carbons (Fsp3) is 0.765. The molecule has 0 bridgehead atoms. The normalized spacial score (nSPS) is 27.5. The van der Waals surface area contributed by atoms with Crippen LogP contribution in [0.3, 0.4) is 0 Å². The van der Waals surface area contributed by atoms with Gasteiger partial charge in [0.2, 0.25) is 5.91 Å². The molecule has 1 aromatic heterocycles. The van der Waals surface area contributed by atoms with Gasteiger partial charge in [0.05, 0.1) is 12.5 Å². The summed E-state index contributed by atoms with van der Waals surface area (Å²) >= 11 is 0. The maximum atomic E-state index is 12.9. The lowest BCUT2D eigenvalue weighted by Gasteiger charge is -2.35. The van der Waals surface area contributed by atoms with Crippen molar-refractivity contribution in [3.8, 4) is 0 Å². The molecule has 3 rings (SSSR count). The summed E-state index contributed by atoms with van der Waals surface area (Å²) in [5, 5.41) is 4.22. The number of likely N-dealkylation sites (tertiary alicyclic amines) is 2. The van der Waals surface area contributed by atoms with E-state index in [2.05, 4.69) is 21.8 Å². The Labute approximate surface area is 133 Å². The third kappa shape index (κ3) is 3.05. The SMILES string of the molecule is CCN1CCC[C@@H]1[C@@H]1CCCN1C(=O)[C@@H](C)Cn1cccn1. The van der Waals surface area contributed by atoms with Crippen molar-refractivity contribution in [1.29, 1.82) is 0 Å². The molecule has 0 saturated carbocycles. The molecule has 22 heavy (non-hydrogen) atoms. The van der Waals surface area contributed by atoms with E-state index in [0.29, 0.717) is 24.5 Å². The van der Waals surface area contributed by atoms with Crippen LogP contribution < -0.4 is 0 Å². The standard InChI is InChI=1S/C17H28N4O/c1-3-19-10-4-7-15(19)16-8-5-12-21(16)17(22)14(2)13-20-11-6-9-18-20/h6,9,11,14-16H,3-5,7-8,10,12-13H2,1-2H3/t14-,15+,16-/m0/s1. The average Bonchev–Trinajstić information content (AvgIpc) is 3.25. The molecule has 0 unspecified atom stereocenters. The van der Waals surface area contributed by atoms with Gasteiger partial charge in [-0.05, 0) is 44.8 Å². The number of hydrogen-bond acceptors (Lipinski definition) is 3. The zero-order valence-corrected chi connectivity index (χ0v) is 13.8. The highest BCUT2D eigenvalue weighted by molar-refractivity contribution is 5.79. The lowest BCUT2D eigenvalue weighted by molar-refractivity contribution is -0.137. The van der Waals surface area contributed by atoms with Gasteiger partial charge >= 0.3 is 0 Å². The van der Waals surface area contributed by atoms with Crippen molar-refractivity contribution >= 4 is 5.91 Å². The zero-order chi connectivity index (χ0) is 15.5. The van der Waals surface area contributed by atoms with E-state index >= 15 is 0 Å². The van der Waals surface area contributed by atoms with Crippen molar-refractivity contribution in [2.24, 2.45) is 5.92 Å². The van der Waals surface area contributed by atoms with Gasteiger partial charge in [0.25, 0.3) is 0 Å². The van der Waals surface area contributed by atoms with Gasteiger partial charge in [-0.3, -0.25) is 14.4 Å². The van der Waals surface area contributed by atoms with E-state index < -0.39 is 0 Å². The van der Waals surface area contributed by atoms with E-state index in [1.54, 1.807) is 6.20 Å². The van der Waals surface area contributed by atoms with Gasteiger partial charge in [-0.1, -0.05) is 13.8 Å². The maximum Gasteiger partial charge on any atom is 0.227 e. The quantitative estimate of drug-likeness (QED) is 0.835. The molecule has 2 saturated heterocycles. The predicted octanol–water partition coefficient (Wildman–Crippen LogP) is 1.99. The summed E-state index contributed by atoms with van der Waals surface area (Å²) in [6, 6.07) is 2.91. The number of amides is 1. The molecule has 2 fully saturated rings. The fourth-order valence-corrected chi connectivity index (χ4v) is 4.20. The predicted molar refractivity (Wildman–Crippen MR) is 86.4 cm³/mol. The van der Waals surface area contributed by atoms with E-state index in [-0.39, 0.29) is 5.92 Å². The largest absolute Gasteiger partial charge is 0.338 e. The van der Waals surface area contributed by atoms with Crippen LogP contribution in [0.1, 0.15) is 39.5 Å². The van der Waals surface area contributed by atoms with Crippen LogP contribution in [-0.4, -0.2) is 57.2 Å². The van der Waals surface area contributed by atoms with E-state index in [9.17, 15) is 4.79 Å². The van der Waals surface area contributed by atoms with Crippen LogP contribution in [0.5, 0.6) is 0 Å². The monoisotopic (exact) mass is 304 g/mol. The first kappa shape index (κ1) is 15.5. The van der Waals surface area contributed by atoms with E-state index in [1.165, 1.54) is 25.8 Å². The van der Waals surface area contributed by atoms with Crippen LogP contribution in [0.25, 0.3) is 0 Å². The molecule has 5 heteroatoms. The van der Waals surface area contributed by atoms with Crippen LogP contribution in [-0.2, 0) is 11.3 Å². The van der Waals surface area contributed by atoms with Gasteiger partial charge in [0.1, 0.15) is 0 Å². The number of carbonyl (C=O) groups is 1. The number of likely N-dealkylation sites (N-methyl/N-ethyl adjacent to an activating group) is 1. The van der Waals surface area contributed by atoms with Gasteiger partial charge in [-0.15, -0.1) is 0 Å². The Balaban J connectivity index is 1.65. The molecule has 0 N–H and O–H groups in total. The van der Waals surface area contributed by atoms with E-state index in [1.807, 2.05) is 23.9 Å². The van der Waals surface area contributed by atoms with Crippen molar-refractivity contribution in [2.75, 3.05) is 19.6 Å². The van der Waals surface area contributed by atoms with Gasteiger partial charge < -0.3 is 4.90 Å². The Morgan fingerprint density at radius 2 is 2.05 bits per heavy atom. The highest BCUT2D eigenvalue weighted by Crippen LogP contribution is 2.30. The molecule has 3 heterocycles. The maximum absolute atomic E-state index is 12.9. The number of aromatic nitrogens is 2. The molecule has 0 spiro atoms. The Hall–Kier alpha value is -1.36. The molecule has 122 valence electrons. The Morgan fingerprint density at radius 1 is 1.27 bits per heavy atom. The minimum Gasteiger partial charge on any atom is -0.338 e.